The maximum atomic E-state index is 3.76. The summed E-state index contributed by atoms with van der Waals surface area (Å²) in [5.74, 6) is 0. The molecule has 0 atom stereocenters. The quantitative estimate of drug-likeness (QED) is 0.332. The van der Waals surface area contributed by atoms with Crippen LogP contribution in [0.25, 0.3) is 0 Å². The molecule has 0 N–H and O–H groups in total. The zero-order valence-electron chi connectivity index (χ0n) is 14.5. The average Bonchev–Trinajstić information content (AvgIpc) is 2.52. The second-order valence-electron chi connectivity index (χ2n) is 6.47. The van der Waals surface area contributed by atoms with Crippen LogP contribution in [0.1, 0.15) is 64.9 Å². The Balaban J connectivity index is 3.00. The van der Waals surface area contributed by atoms with Gasteiger partial charge >= 0.3 is 0 Å². The molecule has 1 aromatic rings. The van der Waals surface area contributed by atoms with Gasteiger partial charge in [0.2, 0.25) is 0 Å². The SMILES string of the molecule is CCCC[N+](CCCC)(CCCC)Cc1cc(Br)ccc1Br. The molecule has 0 fully saturated rings. The summed E-state index contributed by atoms with van der Waals surface area (Å²) in [4.78, 5) is 0. The first-order valence-corrected chi connectivity index (χ1v) is 10.4. The molecule has 1 aromatic carbocycles. The number of halogens is 2. The van der Waals surface area contributed by atoms with Crippen molar-refractivity contribution in [2.75, 3.05) is 19.6 Å². The van der Waals surface area contributed by atoms with E-state index < -0.39 is 0 Å². The van der Waals surface area contributed by atoms with E-state index >= 15 is 0 Å². The second-order valence-corrected chi connectivity index (χ2v) is 8.24. The Kier molecular flexibility index (Phi) is 9.94. The van der Waals surface area contributed by atoms with Gasteiger partial charge in [-0.3, -0.25) is 0 Å². The Bertz CT molecular complexity index is 410. The molecule has 0 unspecified atom stereocenters. The lowest BCUT2D eigenvalue weighted by molar-refractivity contribution is -0.941. The van der Waals surface area contributed by atoms with Crippen LogP contribution in [0.15, 0.2) is 27.1 Å². The van der Waals surface area contributed by atoms with Gasteiger partial charge in [0.1, 0.15) is 6.54 Å². The maximum Gasteiger partial charge on any atom is 0.106 e. The highest BCUT2D eigenvalue weighted by atomic mass is 79.9. The van der Waals surface area contributed by atoms with Gasteiger partial charge in [0.25, 0.3) is 0 Å². The fourth-order valence-electron chi connectivity index (χ4n) is 3.08. The number of quaternary nitrogens is 1. The molecule has 0 amide bonds. The van der Waals surface area contributed by atoms with Crippen LogP contribution >= 0.6 is 31.9 Å². The van der Waals surface area contributed by atoms with Gasteiger partial charge in [-0.1, -0.05) is 71.9 Å². The number of hydrogen-bond acceptors (Lipinski definition) is 0. The van der Waals surface area contributed by atoms with Crippen molar-refractivity contribution in [3.63, 3.8) is 0 Å². The molecule has 0 saturated carbocycles. The largest absolute Gasteiger partial charge is 0.320 e. The smallest absolute Gasteiger partial charge is 0.106 e. The van der Waals surface area contributed by atoms with E-state index in [1.807, 2.05) is 0 Å². The van der Waals surface area contributed by atoms with Gasteiger partial charge in [0, 0.05) is 14.5 Å². The highest BCUT2D eigenvalue weighted by Crippen LogP contribution is 2.27. The van der Waals surface area contributed by atoms with Crippen LogP contribution in [-0.2, 0) is 6.54 Å². The summed E-state index contributed by atoms with van der Waals surface area (Å²) >= 11 is 7.39. The molecule has 0 heterocycles. The van der Waals surface area contributed by atoms with E-state index in [2.05, 4.69) is 70.8 Å². The summed E-state index contributed by atoms with van der Waals surface area (Å²) in [6.45, 7) is 12.0. The molecule has 0 aliphatic carbocycles. The van der Waals surface area contributed by atoms with Crippen molar-refractivity contribution in [3.05, 3.63) is 32.7 Å². The van der Waals surface area contributed by atoms with E-state index in [1.54, 1.807) is 0 Å². The van der Waals surface area contributed by atoms with Crippen molar-refractivity contribution in [2.24, 2.45) is 0 Å². The van der Waals surface area contributed by atoms with Gasteiger partial charge in [0.05, 0.1) is 19.6 Å². The van der Waals surface area contributed by atoms with Crippen LogP contribution in [-0.4, -0.2) is 24.1 Å². The van der Waals surface area contributed by atoms with Crippen LogP contribution in [0.3, 0.4) is 0 Å². The summed E-state index contributed by atoms with van der Waals surface area (Å²) in [6.07, 6.45) is 7.87. The highest BCUT2D eigenvalue weighted by molar-refractivity contribution is 9.11. The zero-order valence-corrected chi connectivity index (χ0v) is 17.7. The summed E-state index contributed by atoms with van der Waals surface area (Å²) in [5, 5.41) is 0. The Morgan fingerprint density at radius 2 is 1.32 bits per heavy atom. The number of benzene rings is 1. The van der Waals surface area contributed by atoms with Gasteiger partial charge in [-0.2, -0.15) is 0 Å². The molecular formula is C19H32Br2N+. The standard InChI is InChI=1S/C19H32Br2N/c1-4-7-12-22(13-8-5-2,14-9-6-3)16-17-15-18(20)10-11-19(17)21/h10-11,15H,4-9,12-14,16H2,1-3H3/q+1. The van der Waals surface area contributed by atoms with Gasteiger partial charge in [-0.05, 0) is 37.5 Å². The van der Waals surface area contributed by atoms with E-state index in [1.165, 1.54) is 77.2 Å². The van der Waals surface area contributed by atoms with E-state index in [0.717, 1.165) is 6.54 Å². The van der Waals surface area contributed by atoms with E-state index in [0.29, 0.717) is 0 Å². The van der Waals surface area contributed by atoms with Crippen LogP contribution in [0.2, 0.25) is 0 Å². The van der Waals surface area contributed by atoms with Gasteiger partial charge < -0.3 is 4.48 Å². The van der Waals surface area contributed by atoms with E-state index in [-0.39, 0.29) is 0 Å². The third kappa shape index (κ3) is 6.72. The molecule has 0 aliphatic rings. The van der Waals surface area contributed by atoms with Crippen molar-refractivity contribution < 1.29 is 4.48 Å². The Morgan fingerprint density at radius 3 is 1.77 bits per heavy atom. The van der Waals surface area contributed by atoms with Crippen molar-refractivity contribution >= 4 is 31.9 Å². The zero-order chi connectivity index (χ0) is 16.4. The lowest BCUT2D eigenvalue weighted by Crippen LogP contribution is -2.49. The molecule has 3 heteroatoms. The Hall–Kier alpha value is 0.140. The summed E-state index contributed by atoms with van der Waals surface area (Å²) in [6, 6.07) is 6.58. The Morgan fingerprint density at radius 1 is 0.818 bits per heavy atom. The molecule has 0 bridgehead atoms. The minimum Gasteiger partial charge on any atom is -0.320 e. The Labute approximate surface area is 154 Å². The van der Waals surface area contributed by atoms with Crippen LogP contribution < -0.4 is 0 Å². The molecule has 1 rings (SSSR count). The summed E-state index contributed by atoms with van der Waals surface area (Å²) in [5.41, 5.74) is 1.44. The highest BCUT2D eigenvalue weighted by Gasteiger charge is 2.27. The van der Waals surface area contributed by atoms with Gasteiger partial charge in [-0.15, -0.1) is 0 Å². The average molecular weight is 434 g/mol. The summed E-state index contributed by atoms with van der Waals surface area (Å²) < 4.78 is 3.69. The molecule has 0 spiro atoms. The third-order valence-electron chi connectivity index (χ3n) is 4.47. The fourth-order valence-corrected chi connectivity index (χ4v) is 3.86. The minimum absolute atomic E-state index is 1.15. The number of hydrogen-bond donors (Lipinski definition) is 0. The van der Waals surface area contributed by atoms with E-state index in [9.17, 15) is 0 Å². The minimum atomic E-state index is 1.15. The van der Waals surface area contributed by atoms with Crippen molar-refractivity contribution in [2.45, 2.75) is 65.8 Å². The molecular weight excluding hydrogens is 402 g/mol. The van der Waals surface area contributed by atoms with Crippen molar-refractivity contribution in [3.8, 4) is 0 Å². The number of rotatable bonds is 11. The first kappa shape index (κ1) is 20.2. The molecule has 0 aliphatic heterocycles. The lowest BCUT2D eigenvalue weighted by atomic mass is 10.1. The fraction of sp³-hybridized carbons (Fsp3) is 0.684. The van der Waals surface area contributed by atoms with Crippen LogP contribution in [0.5, 0.6) is 0 Å². The third-order valence-corrected chi connectivity index (χ3v) is 5.74. The lowest BCUT2D eigenvalue weighted by Gasteiger charge is -2.39. The molecule has 0 saturated heterocycles. The maximum absolute atomic E-state index is 3.76. The van der Waals surface area contributed by atoms with Gasteiger partial charge in [0.15, 0.2) is 0 Å². The predicted octanol–water partition coefficient (Wildman–Crippen LogP) is 6.93. The van der Waals surface area contributed by atoms with Crippen LogP contribution in [0.4, 0.5) is 0 Å². The summed E-state index contributed by atoms with van der Waals surface area (Å²) in [7, 11) is 0. The second kappa shape index (κ2) is 10.8. The van der Waals surface area contributed by atoms with E-state index in [4.69, 9.17) is 0 Å². The van der Waals surface area contributed by atoms with Gasteiger partial charge in [-0.25, -0.2) is 0 Å². The van der Waals surface area contributed by atoms with Crippen LogP contribution in [0, 0.1) is 0 Å². The number of unbranched alkanes of at least 4 members (excludes halogenated alkanes) is 3. The topological polar surface area (TPSA) is 0 Å². The first-order valence-electron chi connectivity index (χ1n) is 8.86. The molecule has 1 nitrogen and oxygen atoms in total. The monoisotopic (exact) mass is 432 g/mol. The molecule has 126 valence electrons. The normalized spacial score (nSPS) is 11.9. The predicted molar refractivity (Wildman–Crippen MR) is 105 cm³/mol. The molecule has 22 heavy (non-hydrogen) atoms. The first-order chi connectivity index (χ1) is 10.6. The van der Waals surface area contributed by atoms with Crippen molar-refractivity contribution in [1.29, 1.82) is 0 Å². The molecule has 0 aromatic heterocycles. The number of nitrogens with zero attached hydrogens (tertiary/aromatic N) is 1. The molecule has 0 radical (unpaired) electrons. The van der Waals surface area contributed by atoms with Crippen molar-refractivity contribution in [1.82, 2.24) is 0 Å².